The number of methoxy groups -OCH3 is 2. The van der Waals surface area contributed by atoms with Crippen LogP contribution < -0.4 is 39.4 Å². The van der Waals surface area contributed by atoms with Gasteiger partial charge in [0.1, 0.15) is 0 Å². The number of benzene rings is 1. The summed E-state index contributed by atoms with van der Waals surface area (Å²) in [5.41, 5.74) is -0.413. The van der Waals surface area contributed by atoms with Gasteiger partial charge in [-0.05, 0) is 0 Å². The minimum atomic E-state index is -0.740. The molecule has 1 rings (SSSR count). The molecule has 0 N–H and O–H groups in total. The van der Waals surface area contributed by atoms with E-state index in [-0.39, 0.29) is 51.6 Å². The zero-order valence-electron chi connectivity index (χ0n) is 10.9. The van der Waals surface area contributed by atoms with Gasteiger partial charge in [-0.2, -0.15) is 7.11 Å². The first-order valence-electron chi connectivity index (χ1n) is 4.52. The van der Waals surface area contributed by atoms with E-state index in [9.17, 15) is 14.9 Å². The number of nitro benzene ring substituents is 1. The smallest absolute Gasteiger partial charge is 0.857 e. The normalized spacial score (nSPS) is 8.47. The topological polar surface area (TPSA) is 102 Å². The summed E-state index contributed by atoms with van der Waals surface area (Å²) in [6, 6.07) is 2.22. The van der Waals surface area contributed by atoms with Crippen LogP contribution in [0.3, 0.4) is 0 Å². The van der Waals surface area contributed by atoms with E-state index < -0.39 is 10.9 Å². The number of nitrogens with zero attached hydrogens (tertiary/aromatic N) is 1. The number of esters is 1. The first-order valence-corrected chi connectivity index (χ1v) is 4.90. The predicted octanol–water partition coefficient (Wildman–Crippen LogP) is -1.98. The van der Waals surface area contributed by atoms with Crippen LogP contribution in [-0.2, 0) is 4.74 Å². The fourth-order valence-electron chi connectivity index (χ4n) is 1.12. The van der Waals surface area contributed by atoms with Gasteiger partial charge in [-0.1, -0.05) is 11.6 Å². The third-order valence-corrected chi connectivity index (χ3v) is 2.18. The van der Waals surface area contributed by atoms with Gasteiger partial charge in [0.2, 0.25) is 0 Å². The quantitative estimate of drug-likeness (QED) is 0.277. The number of ether oxygens (including phenoxy) is 2. The summed E-state index contributed by atoms with van der Waals surface area (Å²) in [6.45, 7) is 0. The molecule has 1 aromatic carbocycles. The number of carbonyl (C=O) groups is 1. The van der Waals surface area contributed by atoms with E-state index >= 15 is 0 Å². The Morgan fingerprint density at radius 2 is 1.84 bits per heavy atom. The van der Waals surface area contributed by atoms with Crippen LogP contribution in [0.15, 0.2) is 12.1 Å². The van der Waals surface area contributed by atoms with Crippen molar-refractivity contribution in [1.82, 2.24) is 0 Å². The molecule has 0 aliphatic rings. The molecule has 0 amide bonds. The number of nitro groups is 1. The number of carbonyl (C=O) groups excluding carboxylic acids is 1. The summed E-state index contributed by atoms with van der Waals surface area (Å²) in [7, 11) is 3.19. The zero-order valence-corrected chi connectivity index (χ0v) is 13.7. The van der Waals surface area contributed by atoms with E-state index in [0.29, 0.717) is 0 Å². The molecule has 0 bridgehead atoms. The van der Waals surface area contributed by atoms with Gasteiger partial charge in [-0.15, -0.1) is 0 Å². The minimum Gasteiger partial charge on any atom is -0.857 e. The second-order valence-electron chi connectivity index (χ2n) is 2.75. The average molecular weight is 300 g/mol. The Morgan fingerprint density at radius 1 is 1.32 bits per heavy atom. The minimum absolute atomic E-state index is 0. The van der Waals surface area contributed by atoms with Crippen molar-refractivity contribution in [3.05, 3.63) is 32.8 Å². The van der Waals surface area contributed by atoms with E-state index in [0.717, 1.165) is 20.3 Å². The van der Waals surface area contributed by atoms with Crippen LogP contribution in [0.25, 0.3) is 0 Å². The van der Waals surface area contributed by atoms with Crippen molar-refractivity contribution in [2.24, 2.45) is 0 Å². The first kappa shape index (κ1) is 20.5. The fourth-order valence-corrected chi connectivity index (χ4v) is 1.35. The second-order valence-corrected chi connectivity index (χ2v) is 3.16. The molecule has 0 saturated heterocycles. The van der Waals surface area contributed by atoms with Crippen molar-refractivity contribution in [2.45, 2.75) is 0 Å². The summed E-state index contributed by atoms with van der Waals surface area (Å²) in [5.74, 6) is -0.751. The summed E-state index contributed by atoms with van der Waals surface area (Å²) in [4.78, 5) is 21.3. The molecule has 0 radical (unpaired) electrons. The van der Waals surface area contributed by atoms with E-state index in [1.807, 2.05) is 0 Å². The Bertz CT molecular complexity index is 454. The Morgan fingerprint density at radius 3 is 2.21 bits per heavy atom. The maximum Gasteiger partial charge on any atom is 1.00 e. The molecule has 0 aromatic heterocycles. The van der Waals surface area contributed by atoms with Crippen LogP contribution in [0.5, 0.6) is 5.75 Å². The fraction of sp³-hybridized carbons (Fsp3) is 0.300. The molecule has 0 atom stereocenters. The summed E-state index contributed by atoms with van der Waals surface area (Å²) < 4.78 is 9.22. The van der Waals surface area contributed by atoms with Crippen molar-refractivity contribution >= 4 is 23.3 Å². The van der Waals surface area contributed by atoms with Gasteiger partial charge in [-0.25, -0.2) is 4.79 Å². The molecule has 100 valence electrons. The molecule has 1 aromatic rings. The van der Waals surface area contributed by atoms with Crippen LogP contribution in [0.2, 0.25) is 5.02 Å². The van der Waals surface area contributed by atoms with E-state index in [1.54, 1.807) is 0 Å². The van der Waals surface area contributed by atoms with Crippen molar-refractivity contribution < 1.29 is 53.9 Å². The van der Waals surface area contributed by atoms with Gasteiger partial charge < -0.3 is 14.6 Å². The maximum absolute atomic E-state index is 11.2. The average Bonchev–Trinajstić information content (AvgIpc) is 2.39. The monoisotopic (exact) mass is 299 g/mol. The molecule has 0 unspecified atom stereocenters. The number of hydrogen-bond donors (Lipinski definition) is 0. The summed E-state index contributed by atoms with van der Waals surface area (Å²) in [6.07, 6.45) is 0. The molecule has 19 heavy (non-hydrogen) atoms. The third-order valence-electron chi connectivity index (χ3n) is 1.87. The molecule has 0 aliphatic heterocycles. The SMILES string of the molecule is COC(=O)c1cc([N+](=O)[O-])c(OC)cc1Cl.C[O-].[Na+]. The third kappa shape index (κ3) is 5.33. The molecule has 0 heterocycles. The van der Waals surface area contributed by atoms with Gasteiger partial charge in [0, 0.05) is 12.1 Å². The molecule has 0 spiro atoms. The summed E-state index contributed by atoms with van der Waals surface area (Å²) in [5, 5.41) is 19.0. The first-order chi connectivity index (χ1) is 8.51. The van der Waals surface area contributed by atoms with Gasteiger partial charge >= 0.3 is 41.2 Å². The molecule has 0 fully saturated rings. The van der Waals surface area contributed by atoms with Crippen molar-refractivity contribution in [3.63, 3.8) is 0 Å². The molecular formula is C10H11ClNNaO6. The van der Waals surface area contributed by atoms with Gasteiger partial charge in [0.15, 0.2) is 5.75 Å². The van der Waals surface area contributed by atoms with Crippen LogP contribution >= 0.6 is 11.6 Å². The maximum atomic E-state index is 11.2. The Labute approximate surface area is 136 Å². The molecule has 0 saturated carbocycles. The van der Waals surface area contributed by atoms with Crippen LogP contribution in [0.4, 0.5) is 5.69 Å². The van der Waals surface area contributed by atoms with Gasteiger partial charge in [-0.3, -0.25) is 10.1 Å². The predicted molar refractivity (Wildman–Crippen MR) is 61.9 cm³/mol. The van der Waals surface area contributed by atoms with E-state index in [4.69, 9.17) is 21.4 Å². The van der Waals surface area contributed by atoms with Gasteiger partial charge in [0.25, 0.3) is 0 Å². The number of halogens is 1. The largest absolute Gasteiger partial charge is 1.00 e. The van der Waals surface area contributed by atoms with Gasteiger partial charge in [0.05, 0.1) is 29.7 Å². The Kier molecular flexibility index (Phi) is 10.8. The van der Waals surface area contributed by atoms with E-state index in [2.05, 4.69) is 4.74 Å². The Balaban J connectivity index is 0. The summed E-state index contributed by atoms with van der Waals surface area (Å²) >= 11 is 5.76. The van der Waals surface area contributed by atoms with Crippen LogP contribution in [0.1, 0.15) is 10.4 Å². The van der Waals surface area contributed by atoms with Crippen molar-refractivity contribution in [3.8, 4) is 5.75 Å². The number of rotatable bonds is 3. The second kappa shape index (κ2) is 9.99. The van der Waals surface area contributed by atoms with Crippen LogP contribution in [-0.4, -0.2) is 32.2 Å². The standard InChI is InChI=1S/C9H8ClNO5.CH3O.Na/c1-15-8-4-6(10)5(9(12)16-2)3-7(8)11(13)14;1-2;/h3-4H,1-2H3;1H3;/q;-1;+1. The van der Waals surface area contributed by atoms with Crippen molar-refractivity contribution in [1.29, 1.82) is 0 Å². The Hall–Kier alpha value is -0.860. The molecule has 9 heteroatoms. The van der Waals surface area contributed by atoms with E-state index in [1.165, 1.54) is 13.2 Å². The molecular weight excluding hydrogens is 289 g/mol. The zero-order chi connectivity index (χ0) is 14.3. The van der Waals surface area contributed by atoms with Crippen LogP contribution in [0, 0.1) is 10.1 Å². The molecule has 0 aliphatic carbocycles. The number of hydrogen-bond acceptors (Lipinski definition) is 6. The molecule has 7 nitrogen and oxygen atoms in total. The van der Waals surface area contributed by atoms with Crippen molar-refractivity contribution in [2.75, 3.05) is 21.3 Å².